The molecule has 0 aromatic carbocycles. The number of hydrogen-bond acceptors (Lipinski definition) is 1. The molecule has 1 aliphatic rings. The normalized spacial score (nSPS) is 29.9. The topological polar surface area (TPSA) is 30.9 Å². The number of rotatable bonds is 1. The van der Waals surface area contributed by atoms with E-state index in [4.69, 9.17) is 5.73 Å². The van der Waals surface area contributed by atoms with Crippen molar-refractivity contribution in [2.45, 2.75) is 44.2 Å². The van der Waals surface area contributed by atoms with Crippen LogP contribution in [0.15, 0.2) is 24.5 Å². The predicted molar refractivity (Wildman–Crippen MR) is 54.5 cm³/mol. The lowest BCUT2D eigenvalue weighted by molar-refractivity contribution is 0.389. The van der Waals surface area contributed by atoms with Crippen LogP contribution in [0.1, 0.15) is 38.1 Å². The van der Waals surface area contributed by atoms with Gasteiger partial charge in [0.2, 0.25) is 0 Å². The van der Waals surface area contributed by atoms with Crippen molar-refractivity contribution >= 4 is 0 Å². The second kappa shape index (κ2) is 3.97. The first kappa shape index (κ1) is 8.82. The fraction of sp³-hybridized carbons (Fsp3) is 0.636. The van der Waals surface area contributed by atoms with Crippen LogP contribution in [0, 0.1) is 0 Å². The fourth-order valence-electron chi connectivity index (χ4n) is 2.26. The highest BCUT2D eigenvalue weighted by Gasteiger charge is 2.20. The van der Waals surface area contributed by atoms with E-state index in [1.807, 2.05) is 0 Å². The maximum absolute atomic E-state index is 6.15. The van der Waals surface area contributed by atoms with E-state index in [9.17, 15) is 0 Å². The summed E-state index contributed by atoms with van der Waals surface area (Å²) in [5.74, 6) is 0. The second-order valence-electron chi connectivity index (χ2n) is 4.00. The van der Waals surface area contributed by atoms with Crippen molar-refractivity contribution in [2.24, 2.45) is 5.73 Å². The fourth-order valence-corrected chi connectivity index (χ4v) is 2.26. The van der Waals surface area contributed by atoms with Crippen molar-refractivity contribution in [1.29, 1.82) is 0 Å². The molecule has 2 rings (SSSR count). The summed E-state index contributed by atoms with van der Waals surface area (Å²) in [6, 6.07) is 5.06. The van der Waals surface area contributed by atoms with Crippen LogP contribution in [0.2, 0.25) is 0 Å². The molecule has 0 aliphatic heterocycles. The molecule has 2 nitrogen and oxygen atoms in total. The summed E-state index contributed by atoms with van der Waals surface area (Å²) in [4.78, 5) is 0. The molecule has 1 aliphatic carbocycles. The Labute approximate surface area is 79.7 Å². The molecule has 1 aromatic heterocycles. The van der Waals surface area contributed by atoms with E-state index in [0.29, 0.717) is 12.1 Å². The summed E-state index contributed by atoms with van der Waals surface area (Å²) in [6.07, 6.45) is 10.7. The molecule has 0 spiro atoms. The maximum Gasteiger partial charge on any atom is 0.0481 e. The van der Waals surface area contributed by atoms with E-state index in [1.165, 1.54) is 32.1 Å². The quantitative estimate of drug-likeness (QED) is 0.657. The monoisotopic (exact) mass is 178 g/mol. The van der Waals surface area contributed by atoms with Gasteiger partial charge < -0.3 is 10.3 Å². The smallest absolute Gasteiger partial charge is 0.0481 e. The van der Waals surface area contributed by atoms with Gasteiger partial charge in [-0.3, -0.25) is 0 Å². The third-order valence-electron chi connectivity index (χ3n) is 3.04. The largest absolute Gasteiger partial charge is 0.350 e. The minimum Gasteiger partial charge on any atom is -0.350 e. The van der Waals surface area contributed by atoms with Crippen LogP contribution in [0.5, 0.6) is 0 Å². The first-order valence-corrected chi connectivity index (χ1v) is 5.26. The van der Waals surface area contributed by atoms with Crippen molar-refractivity contribution in [3.8, 4) is 0 Å². The van der Waals surface area contributed by atoms with Crippen LogP contribution in [-0.2, 0) is 0 Å². The highest BCUT2D eigenvalue weighted by Crippen LogP contribution is 2.26. The zero-order valence-electron chi connectivity index (χ0n) is 8.02. The van der Waals surface area contributed by atoms with Gasteiger partial charge in [-0.1, -0.05) is 19.3 Å². The Morgan fingerprint density at radius 2 is 1.69 bits per heavy atom. The zero-order valence-corrected chi connectivity index (χ0v) is 8.02. The summed E-state index contributed by atoms with van der Waals surface area (Å²) in [5.41, 5.74) is 6.15. The standard InChI is InChI=1S/C11H18N2/c12-10-6-2-1-3-7-11(10)13-8-4-5-9-13/h4-5,8-11H,1-3,6-7,12H2. The summed E-state index contributed by atoms with van der Waals surface area (Å²) < 4.78 is 2.27. The van der Waals surface area contributed by atoms with E-state index in [0.717, 1.165) is 0 Å². The number of nitrogens with zero attached hydrogens (tertiary/aromatic N) is 1. The molecule has 13 heavy (non-hydrogen) atoms. The van der Waals surface area contributed by atoms with Crippen molar-refractivity contribution in [1.82, 2.24) is 4.57 Å². The van der Waals surface area contributed by atoms with Gasteiger partial charge in [-0.15, -0.1) is 0 Å². The first-order chi connectivity index (χ1) is 6.38. The molecule has 1 heterocycles. The van der Waals surface area contributed by atoms with Crippen LogP contribution >= 0.6 is 0 Å². The third-order valence-corrected chi connectivity index (χ3v) is 3.04. The highest BCUT2D eigenvalue weighted by molar-refractivity contribution is 4.95. The van der Waals surface area contributed by atoms with Gasteiger partial charge in [-0.05, 0) is 25.0 Å². The molecule has 2 heteroatoms. The molecular formula is C11H18N2. The minimum atomic E-state index is 0.356. The van der Waals surface area contributed by atoms with Gasteiger partial charge >= 0.3 is 0 Å². The van der Waals surface area contributed by atoms with E-state index >= 15 is 0 Å². The average molecular weight is 178 g/mol. The van der Waals surface area contributed by atoms with Crippen LogP contribution in [0.25, 0.3) is 0 Å². The van der Waals surface area contributed by atoms with E-state index in [-0.39, 0.29) is 0 Å². The Morgan fingerprint density at radius 3 is 2.46 bits per heavy atom. The zero-order chi connectivity index (χ0) is 9.10. The summed E-state index contributed by atoms with van der Waals surface area (Å²) in [7, 11) is 0. The summed E-state index contributed by atoms with van der Waals surface area (Å²) in [5, 5.41) is 0. The van der Waals surface area contributed by atoms with Crippen LogP contribution in [0.3, 0.4) is 0 Å². The molecular weight excluding hydrogens is 160 g/mol. The lowest BCUT2D eigenvalue weighted by Crippen LogP contribution is -2.30. The second-order valence-corrected chi connectivity index (χ2v) is 4.00. The van der Waals surface area contributed by atoms with E-state index in [1.54, 1.807) is 0 Å². The van der Waals surface area contributed by atoms with Gasteiger partial charge in [-0.25, -0.2) is 0 Å². The number of aromatic nitrogens is 1. The molecule has 2 atom stereocenters. The van der Waals surface area contributed by atoms with Crippen LogP contribution in [-0.4, -0.2) is 10.6 Å². The molecule has 1 fully saturated rings. The highest BCUT2D eigenvalue weighted by atomic mass is 15.0. The van der Waals surface area contributed by atoms with Gasteiger partial charge in [0, 0.05) is 24.5 Å². The molecule has 1 saturated carbocycles. The van der Waals surface area contributed by atoms with Gasteiger partial charge in [0.1, 0.15) is 0 Å². The molecule has 1 aromatic rings. The van der Waals surface area contributed by atoms with Gasteiger partial charge in [0.15, 0.2) is 0 Å². The predicted octanol–water partition coefficient (Wildman–Crippen LogP) is 2.32. The average Bonchev–Trinajstić information content (AvgIpc) is 2.56. The molecule has 0 saturated heterocycles. The Morgan fingerprint density at radius 1 is 1.00 bits per heavy atom. The van der Waals surface area contributed by atoms with E-state index in [2.05, 4.69) is 29.1 Å². The number of nitrogens with two attached hydrogens (primary N) is 1. The lowest BCUT2D eigenvalue weighted by atomic mass is 10.0. The van der Waals surface area contributed by atoms with Crippen LogP contribution in [0.4, 0.5) is 0 Å². The molecule has 72 valence electrons. The van der Waals surface area contributed by atoms with Crippen molar-refractivity contribution < 1.29 is 0 Å². The van der Waals surface area contributed by atoms with Gasteiger partial charge in [-0.2, -0.15) is 0 Å². The van der Waals surface area contributed by atoms with Crippen LogP contribution < -0.4 is 5.73 Å². The Balaban J connectivity index is 2.11. The number of hydrogen-bond donors (Lipinski definition) is 1. The van der Waals surface area contributed by atoms with Gasteiger partial charge in [0.25, 0.3) is 0 Å². The maximum atomic E-state index is 6.15. The van der Waals surface area contributed by atoms with E-state index < -0.39 is 0 Å². The Hall–Kier alpha value is -0.760. The Bertz CT molecular complexity index is 241. The third kappa shape index (κ3) is 1.94. The Kier molecular flexibility index (Phi) is 2.69. The molecule has 2 unspecified atom stereocenters. The molecule has 0 bridgehead atoms. The summed E-state index contributed by atoms with van der Waals surface area (Å²) in [6.45, 7) is 0. The van der Waals surface area contributed by atoms with Crippen molar-refractivity contribution in [3.05, 3.63) is 24.5 Å². The first-order valence-electron chi connectivity index (χ1n) is 5.26. The van der Waals surface area contributed by atoms with Crippen molar-refractivity contribution in [3.63, 3.8) is 0 Å². The SMILES string of the molecule is NC1CCCCCC1n1cccc1. The minimum absolute atomic E-state index is 0.356. The summed E-state index contributed by atoms with van der Waals surface area (Å²) >= 11 is 0. The van der Waals surface area contributed by atoms with Crippen molar-refractivity contribution in [2.75, 3.05) is 0 Å². The molecule has 0 amide bonds. The molecule has 0 radical (unpaired) electrons. The molecule has 2 N–H and O–H groups in total. The lowest BCUT2D eigenvalue weighted by Gasteiger charge is -2.22. The van der Waals surface area contributed by atoms with Gasteiger partial charge in [0.05, 0.1) is 0 Å².